The van der Waals surface area contributed by atoms with Crippen LogP contribution in [0.1, 0.15) is 46.5 Å². The van der Waals surface area contributed by atoms with Crippen molar-refractivity contribution >= 4 is 6.47 Å². The van der Waals surface area contributed by atoms with Crippen molar-refractivity contribution in [1.29, 1.82) is 0 Å². The highest BCUT2D eigenvalue weighted by Crippen LogP contribution is 2.40. The highest BCUT2D eigenvalue weighted by Gasteiger charge is 2.34. The van der Waals surface area contributed by atoms with E-state index < -0.39 is 0 Å². The smallest absolute Gasteiger partial charge is 0.293 e. The first-order valence-corrected chi connectivity index (χ1v) is 6.38. The van der Waals surface area contributed by atoms with Gasteiger partial charge in [-0.1, -0.05) is 13.8 Å². The summed E-state index contributed by atoms with van der Waals surface area (Å²) in [6.07, 6.45) is 4.71. The zero-order chi connectivity index (χ0) is 12.0. The quantitative estimate of drug-likeness (QED) is 0.708. The molecule has 0 bridgehead atoms. The summed E-state index contributed by atoms with van der Waals surface area (Å²) in [6.45, 7) is 9.32. The Morgan fingerprint density at radius 1 is 1.25 bits per heavy atom. The van der Waals surface area contributed by atoms with Crippen molar-refractivity contribution in [2.75, 3.05) is 13.1 Å². The Kier molecular flexibility index (Phi) is 5.26. The van der Waals surface area contributed by atoms with Gasteiger partial charge < -0.3 is 10.1 Å². The number of carbonyl (C=O) groups excluding carboxylic acids is 1. The van der Waals surface area contributed by atoms with Gasteiger partial charge in [-0.2, -0.15) is 0 Å². The molecule has 1 saturated heterocycles. The second kappa shape index (κ2) is 6.24. The fourth-order valence-corrected chi connectivity index (χ4v) is 3.07. The third kappa shape index (κ3) is 4.12. The van der Waals surface area contributed by atoms with Crippen LogP contribution in [0.15, 0.2) is 0 Å². The van der Waals surface area contributed by atoms with Gasteiger partial charge in [0.1, 0.15) is 0 Å². The first-order valence-electron chi connectivity index (χ1n) is 6.38. The van der Waals surface area contributed by atoms with Crippen molar-refractivity contribution in [2.45, 2.75) is 52.6 Å². The van der Waals surface area contributed by atoms with Gasteiger partial charge in [0.2, 0.25) is 0 Å². The van der Waals surface area contributed by atoms with E-state index in [0.29, 0.717) is 17.8 Å². The van der Waals surface area contributed by atoms with Crippen LogP contribution in [0, 0.1) is 11.3 Å². The van der Waals surface area contributed by atoms with E-state index in [4.69, 9.17) is 4.74 Å². The molecule has 1 unspecified atom stereocenters. The van der Waals surface area contributed by atoms with Crippen molar-refractivity contribution in [3.05, 3.63) is 0 Å². The summed E-state index contributed by atoms with van der Waals surface area (Å²) < 4.78 is 5.05. The molecule has 0 aromatic heterocycles. The molecule has 1 N–H and O–H groups in total. The van der Waals surface area contributed by atoms with Crippen LogP contribution in [0.4, 0.5) is 0 Å². The Bertz CT molecular complexity index is 210. The van der Waals surface area contributed by atoms with E-state index in [2.05, 4.69) is 19.2 Å². The third-order valence-electron chi connectivity index (χ3n) is 3.51. The lowest BCUT2D eigenvalue weighted by Gasteiger charge is -2.40. The van der Waals surface area contributed by atoms with Crippen molar-refractivity contribution < 1.29 is 9.53 Å². The van der Waals surface area contributed by atoms with Crippen molar-refractivity contribution in [3.63, 3.8) is 0 Å². The monoisotopic (exact) mass is 227 g/mol. The minimum atomic E-state index is 0.0503. The molecular weight excluding hydrogens is 202 g/mol. The standard InChI is InChI=1S/C13H25NO2/c1-11(2)8-13(4-6-14-7-5-13)9-12(3)16-10-15/h10-12,14H,4-9H2,1-3H3. The van der Waals surface area contributed by atoms with E-state index in [1.807, 2.05) is 6.92 Å². The maximum Gasteiger partial charge on any atom is 0.293 e. The lowest BCUT2D eigenvalue weighted by Crippen LogP contribution is -2.39. The Morgan fingerprint density at radius 3 is 2.38 bits per heavy atom. The van der Waals surface area contributed by atoms with Crippen molar-refractivity contribution in [1.82, 2.24) is 5.32 Å². The van der Waals surface area contributed by atoms with Gasteiger partial charge in [0, 0.05) is 0 Å². The van der Waals surface area contributed by atoms with Crippen LogP contribution in [0.3, 0.4) is 0 Å². The van der Waals surface area contributed by atoms with E-state index in [1.54, 1.807) is 0 Å². The summed E-state index contributed by atoms with van der Waals surface area (Å²) in [5.41, 5.74) is 0.377. The lowest BCUT2D eigenvalue weighted by atomic mass is 9.70. The molecule has 1 rings (SSSR count). The van der Waals surface area contributed by atoms with Crippen LogP contribution in [0.2, 0.25) is 0 Å². The Balaban J connectivity index is 2.58. The number of rotatable bonds is 6. The van der Waals surface area contributed by atoms with Crippen molar-refractivity contribution in [2.24, 2.45) is 11.3 Å². The average Bonchev–Trinajstić information content (AvgIpc) is 2.17. The fraction of sp³-hybridized carbons (Fsp3) is 0.923. The molecule has 1 atom stereocenters. The predicted octanol–water partition coefficient (Wildman–Crippen LogP) is 2.35. The topological polar surface area (TPSA) is 38.3 Å². The Labute approximate surface area is 98.9 Å². The molecule has 0 amide bonds. The van der Waals surface area contributed by atoms with Gasteiger partial charge in [0.25, 0.3) is 6.47 Å². The molecule has 1 fully saturated rings. The van der Waals surface area contributed by atoms with Crippen LogP contribution in [-0.2, 0) is 9.53 Å². The average molecular weight is 227 g/mol. The molecule has 0 aromatic rings. The summed E-state index contributed by atoms with van der Waals surface area (Å²) in [5.74, 6) is 0.710. The molecule has 16 heavy (non-hydrogen) atoms. The van der Waals surface area contributed by atoms with Gasteiger partial charge in [-0.25, -0.2) is 0 Å². The number of carbonyl (C=O) groups is 1. The lowest BCUT2D eigenvalue weighted by molar-refractivity contribution is -0.134. The van der Waals surface area contributed by atoms with Crippen LogP contribution in [0.5, 0.6) is 0 Å². The summed E-state index contributed by atoms with van der Waals surface area (Å²) in [4.78, 5) is 10.3. The zero-order valence-electron chi connectivity index (χ0n) is 10.8. The van der Waals surface area contributed by atoms with Gasteiger partial charge in [-0.3, -0.25) is 4.79 Å². The van der Waals surface area contributed by atoms with Gasteiger partial charge in [-0.05, 0) is 57.0 Å². The largest absolute Gasteiger partial charge is 0.465 e. The van der Waals surface area contributed by atoms with Crippen LogP contribution >= 0.6 is 0 Å². The number of hydrogen-bond acceptors (Lipinski definition) is 3. The fourth-order valence-electron chi connectivity index (χ4n) is 3.07. The molecule has 0 aromatic carbocycles. The predicted molar refractivity (Wildman–Crippen MR) is 65.2 cm³/mol. The molecule has 1 aliphatic heterocycles. The molecule has 1 heterocycles. The summed E-state index contributed by atoms with van der Waals surface area (Å²) in [7, 11) is 0. The number of piperidine rings is 1. The van der Waals surface area contributed by atoms with Gasteiger partial charge in [-0.15, -0.1) is 0 Å². The first-order chi connectivity index (χ1) is 7.58. The third-order valence-corrected chi connectivity index (χ3v) is 3.51. The highest BCUT2D eigenvalue weighted by atomic mass is 16.5. The van der Waals surface area contributed by atoms with Crippen molar-refractivity contribution in [3.8, 4) is 0 Å². The van der Waals surface area contributed by atoms with E-state index in [9.17, 15) is 4.79 Å². The molecule has 0 spiro atoms. The van der Waals surface area contributed by atoms with Gasteiger partial charge in [0.05, 0.1) is 6.10 Å². The number of ether oxygens (including phenoxy) is 1. The van der Waals surface area contributed by atoms with Gasteiger partial charge in [0.15, 0.2) is 0 Å². The minimum Gasteiger partial charge on any atom is -0.465 e. The number of nitrogens with one attached hydrogen (secondary N) is 1. The van der Waals surface area contributed by atoms with E-state index in [0.717, 1.165) is 19.5 Å². The summed E-state index contributed by atoms with van der Waals surface area (Å²) >= 11 is 0. The summed E-state index contributed by atoms with van der Waals surface area (Å²) in [5, 5.41) is 3.41. The molecule has 0 aliphatic carbocycles. The molecule has 94 valence electrons. The summed E-state index contributed by atoms with van der Waals surface area (Å²) in [6, 6.07) is 0. The Hall–Kier alpha value is -0.570. The van der Waals surface area contributed by atoms with Crippen LogP contribution in [0.25, 0.3) is 0 Å². The maximum atomic E-state index is 10.3. The van der Waals surface area contributed by atoms with Gasteiger partial charge >= 0.3 is 0 Å². The zero-order valence-corrected chi connectivity index (χ0v) is 10.8. The minimum absolute atomic E-state index is 0.0503. The second-order valence-electron chi connectivity index (χ2n) is 5.60. The molecule has 0 saturated carbocycles. The SMILES string of the molecule is CC(C)CC1(CC(C)OC=O)CCNCC1. The highest BCUT2D eigenvalue weighted by molar-refractivity contribution is 5.37. The normalized spacial score (nSPS) is 21.8. The second-order valence-corrected chi connectivity index (χ2v) is 5.60. The maximum absolute atomic E-state index is 10.3. The molecule has 0 radical (unpaired) electrons. The molecule has 1 aliphatic rings. The number of hydrogen-bond donors (Lipinski definition) is 1. The Morgan fingerprint density at radius 2 is 1.88 bits per heavy atom. The molecular formula is C13H25NO2. The van der Waals surface area contributed by atoms with Crippen LogP contribution < -0.4 is 5.32 Å². The first kappa shape index (κ1) is 13.5. The van der Waals surface area contributed by atoms with E-state index >= 15 is 0 Å². The van der Waals surface area contributed by atoms with E-state index in [-0.39, 0.29) is 6.10 Å². The van der Waals surface area contributed by atoms with E-state index in [1.165, 1.54) is 19.3 Å². The molecule has 3 heteroatoms. The molecule has 3 nitrogen and oxygen atoms in total. The van der Waals surface area contributed by atoms with Crippen LogP contribution in [-0.4, -0.2) is 25.7 Å².